The van der Waals surface area contributed by atoms with Crippen LogP contribution in [0.1, 0.15) is 11.5 Å². The number of rotatable bonds is 5. The molecule has 0 atom stereocenters. The number of fused-ring (bicyclic) bond motifs is 1. The molecule has 1 aromatic heterocycles. The van der Waals surface area contributed by atoms with Crippen molar-refractivity contribution in [3.8, 4) is 17.9 Å². The highest BCUT2D eigenvalue weighted by molar-refractivity contribution is 6.10. The largest absolute Gasteiger partial charge is 0.484 e. The van der Waals surface area contributed by atoms with E-state index in [9.17, 15) is 0 Å². The Morgan fingerprint density at radius 3 is 2.76 bits per heavy atom. The van der Waals surface area contributed by atoms with Gasteiger partial charge in [0.25, 0.3) is 0 Å². The Morgan fingerprint density at radius 1 is 1.24 bits per heavy atom. The molecule has 0 amide bonds. The van der Waals surface area contributed by atoms with Crippen molar-refractivity contribution in [1.29, 1.82) is 10.5 Å². The van der Waals surface area contributed by atoms with E-state index in [1.165, 1.54) is 0 Å². The second kappa shape index (κ2) is 7.16. The van der Waals surface area contributed by atoms with Crippen LogP contribution < -0.4 is 10.2 Å². The first kappa shape index (κ1) is 16.0. The van der Waals surface area contributed by atoms with Gasteiger partial charge in [-0.15, -0.1) is 0 Å². The first-order chi connectivity index (χ1) is 12.2. The summed E-state index contributed by atoms with van der Waals surface area (Å²) in [5.41, 5.74) is 5.45. The van der Waals surface area contributed by atoms with Crippen LogP contribution in [0.3, 0.4) is 0 Å². The summed E-state index contributed by atoms with van der Waals surface area (Å²) >= 11 is 0. The van der Waals surface area contributed by atoms with Crippen LogP contribution in [0, 0.1) is 29.6 Å². The molecule has 0 spiro atoms. The summed E-state index contributed by atoms with van der Waals surface area (Å²) in [7, 11) is 0. The number of ether oxygens (including phenoxy) is 1. The molecule has 2 aromatic carbocycles. The van der Waals surface area contributed by atoms with Gasteiger partial charge in [-0.3, -0.25) is 5.43 Å². The van der Waals surface area contributed by atoms with E-state index < -0.39 is 0 Å². The molecule has 0 saturated heterocycles. The maximum atomic E-state index is 8.66. The number of hydrazone groups is 1. The lowest BCUT2D eigenvalue weighted by molar-refractivity contribution is 0.265. The minimum atomic E-state index is -0.242. The van der Waals surface area contributed by atoms with Gasteiger partial charge in [0.15, 0.2) is 12.2 Å². The topological polar surface area (TPSA) is 107 Å². The molecule has 0 bridgehead atoms. The third-order valence-corrected chi connectivity index (χ3v) is 3.37. The van der Waals surface area contributed by atoms with Crippen LogP contribution in [0.5, 0.6) is 5.75 Å². The molecule has 0 fully saturated rings. The zero-order valence-corrected chi connectivity index (χ0v) is 13.4. The fourth-order valence-electron chi connectivity index (χ4n) is 2.20. The van der Waals surface area contributed by atoms with Crippen LogP contribution in [0.15, 0.2) is 52.0 Å². The summed E-state index contributed by atoms with van der Waals surface area (Å²) in [5, 5.41) is 21.0. The average molecular weight is 331 g/mol. The normalized spacial score (nSPS) is 9.88. The van der Waals surface area contributed by atoms with E-state index in [1.54, 1.807) is 30.3 Å². The second-order valence-corrected chi connectivity index (χ2v) is 5.14. The highest BCUT2D eigenvalue weighted by Gasteiger charge is 2.07. The number of aryl methyl sites for hydroxylation is 1. The number of nitrogens with zero attached hydrogens (tertiary/aromatic N) is 4. The summed E-state index contributed by atoms with van der Waals surface area (Å²) in [6.45, 7) is 2.10. The van der Waals surface area contributed by atoms with Crippen molar-refractivity contribution in [2.24, 2.45) is 5.10 Å². The van der Waals surface area contributed by atoms with Gasteiger partial charge in [0.05, 0.1) is 5.69 Å². The number of nitrogens with one attached hydrogen (secondary N) is 1. The van der Waals surface area contributed by atoms with Crippen LogP contribution in [0.4, 0.5) is 5.69 Å². The molecule has 0 aliphatic rings. The van der Waals surface area contributed by atoms with E-state index in [-0.39, 0.29) is 12.3 Å². The van der Waals surface area contributed by atoms with Gasteiger partial charge >= 0.3 is 0 Å². The molecule has 0 aliphatic heterocycles. The van der Waals surface area contributed by atoms with E-state index in [2.05, 4.69) is 15.5 Å². The molecule has 0 unspecified atom stereocenters. The summed E-state index contributed by atoms with van der Waals surface area (Å²) in [4.78, 5) is 4.36. The molecule has 7 heteroatoms. The number of hydrogen-bond donors (Lipinski definition) is 1. The van der Waals surface area contributed by atoms with E-state index in [4.69, 9.17) is 19.7 Å². The quantitative estimate of drug-likeness (QED) is 0.566. The van der Waals surface area contributed by atoms with Crippen molar-refractivity contribution in [3.05, 3.63) is 53.9 Å². The summed E-state index contributed by atoms with van der Waals surface area (Å²) in [6, 6.07) is 16.2. The van der Waals surface area contributed by atoms with Gasteiger partial charge in [0, 0.05) is 0 Å². The molecule has 7 nitrogen and oxygen atoms in total. The molecule has 0 aliphatic carbocycles. The Morgan fingerprint density at radius 2 is 2.04 bits per heavy atom. The van der Waals surface area contributed by atoms with E-state index in [1.807, 2.05) is 31.2 Å². The molecule has 1 N–H and O–H groups in total. The second-order valence-electron chi connectivity index (χ2n) is 5.14. The lowest BCUT2D eigenvalue weighted by Gasteiger charge is -2.09. The number of para-hydroxylation sites is 2. The molecule has 25 heavy (non-hydrogen) atoms. The fraction of sp³-hybridized carbons (Fsp3) is 0.111. The van der Waals surface area contributed by atoms with E-state index in [0.717, 1.165) is 16.7 Å². The molecule has 0 saturated carbocycles. The van der Waals surface area contributed by atoms with Crippen molar-refractivity contribution in [3.63, 3.8) is 0 Å². The van der Waals surface area contributed by atoms with Crippen molar-refractivity contribution >= 4 is 22.5 Å². The number of benzene rings is 2. The van der Waals surface area contributed by atoms with E-state index >= 15 is 0 Å². The molecule has 1 heterocycles. The van der Waals surface area contributed by atoms with Gasteiger partial charge in [0.2, 0.25) is 11.6 Å². The fourth-order valence-corrected chi connectivity index (χ4v) is 2.20. The smallest absolute Gasteiger partial charge is 0.237 e. The Bertz CT molecular complexity index is 975. The lowest BCUT2D eigenvalue weighted by atomic mass is 10.2. The zero-order chi connectivity index (χ0) is 17.6. The third kappa shape index (κ3) is 3.74. The Labute approximate surface area is 143 Å². The van der Waals surface area contributed by atoms with E-state index in [0.29, 0.717) is 17.3 Å². The average Bonchev–Trinajstić information content (AvgIpc) is 3.04. The number of nitriles is 2. The first-order valence-electron chi connectivity index (χ1n) is 7.41. The predicted molar refractivity (Wildman–Crippen MR) is 91.8 cm³/mol. The molecule has 3 aromatic rings. The first-order valence-corrected chi connectivity index (χ1v) is 7.41. The van der Waals surface area contributed by atoms with Gasteiger partial charge < -0.3 is 9.15 Å². The molecular formula is C18H13N5O2. The van der Waals surface area contributed by atoms with Crippen LogP contribution in [-0.2, 0) is 6.61 Å². The van der Waals surface area contributed by atoms with Gasteiger partial charge in [-0.2, -0.15) is 15.6 Å². The molecule has 3 rings (SSSR count). The van der Waals surface area contributed by atoms with Crippen molar-refractivity contribution < 1.29 is 9.15 Å². The maximum Gasteiger partial charge on any atom is 0.237 e. The summed E-state index contributed by atoms with van der Waals surface area (Å²) in [6.07, 6.45) is 0. The van der Waals surface area contributed by atoms with Gasteiger partial charge in [-0.05, 0) is 42.8 Å². The minimum absolute atomic E-state index is 0.216. The number of oxazole rings is 1. The molecular weight excluding hydrogens is 318 g/mol. The summed E-state index contributed by atoms with van der Waals surface area (Å²) < 4.78 is 11.4. The minimum Gasteiger partial charge on any atom is -0.484 e. The van der Waals surface area contributed by atoms with Crippen LogP contribution >= 0.6 is 0 Å². The summed E-state index contributed by atoms with van der Waals surface area (Å²) in [5.74, 6) is 1.18. The van der Waals surface area contributed by atoms with Crippen molar-refractivity contribution in [2.75, 3.05) is 5.43 Å². The lowest BCUT2D eigenvalue weighted by Crippen LogP contribution is -1.99. The molecule has 0 radical (unpaired) electrons. The van der Waals surface area contributed by atoms with Gasteiger partial charge in [-0.25, -0.2) is 4.98 Å². The van der Waals surface area contributed by atoms with Crippen LogP contribution in [0.2, 0.25) is 0 Å². The zero-order valence-electron chi connectivity index (χ0n) is 13.4. The number of hydrogen-bond acceptors (Lipinski definition) is 7. The third-order valence-electron chi connectivity index (χ3n) is 3.37. The SMILES string of the molecule is Cc1cc(NN=C(C#N)C#N)ccc1OCc1nc2ccccc2o1. The standard InChI is InChI=1S/C18H13N5O2/c1-12-8-13(22-23-14(9-19)10-20)6-7-16(12)24-11-18-21-15-4-2-3-5-17(15)25-18/h2-8,22H,11H2,1H3. The van der Waals surface area contributed by atoms with Crippen LogP contribution in [0.25, 0.3) is 11.1 Å². The van der Waals surface area contributed by atoms with Crippen molar-refractivity contribution in [2.45, 2.75) is 13.5 Å². The Balaban J connectivity index is 1.68. The molecule has 122 valence electrons. The Kier molecular flexibility index (Phi) is 4.59. The monoisotopic (exact) mass is 331 g/mol. The number of anilines is 1. The van der Waals surface area contributed by atoms with Crippen molar-refractivity contribution in [1.82, 2.24) is 4.98 Å². The highest BCUT2D eigenvalue weighted by Crippen LogP contribution is 2.23. The van der Waals surface area contributed by atoms with Crippen LogP contribution in [-0.4, -0.2) is 10.7 Å². The highest BCUT2D eigenvalue weighted by atomic mass is 16.5. The van der Waals surface area contributed by atoms with Gasteiger partial charge in [-0.1, -0.05) is 12.1 Å². The predicted octanol–water partition coefficient (Wildman–Crippen LogP) is 3.53. The maximum absolute atomic E-state index is 8.66. The van der Waals surface area contributed by atoms with Gasteiger partial charge in [0.1, 0.15) is 23.4 Å². The Hall–Kier alpha value is -3.84. The number of aromatic nitrogens is 1.